The van der Waals surface area contributed by atoms with Crippen LogP contribution in [0, 0.1) is 0 Å². The van der Waals surface area contributed by atoms with Gasteiger partial charge in [-0.15, -0.1) is 0 Å². The summed E-state index contributed by atoms with van der Waals surface area (Å²) in [6.45, 7) is 1.79. The zero-order valence-corrected chi connectivity index (χ0v) is 8.88. The first-order valence-electron chi connectivity index (χ1n) is 5.06. The minimum absolute atomic E-state index is 0.114. The van der Waals surface area contributed by atoms with Crippen molar-refractivity contribution in [1.82, 2.24) is 5.06 Å². The summed E-state index contributed by atoms with van der Waals surface area (Å²) in [5, 5.41) is 9.98. The van der Waals surface area contributed by atoms with Crippen molar-refractivity contribution in [2.75, 3.05) is 4.90 Å². The quantitative estimate of drug-likeness (QED) is 0.733. The highest BCUT2D eigenvalue weighted by atomic mass is 16.5. The molecule has 3 amide bonds. The van der Waals surface area contributed by atoms with E-state index in [1.165, 1.54) is 0 Å². The lowest BCUT2D eigenvalue weighted by molar-refractivity contribution is -0.119. The standard InChI is InChI=1S/C11H12N2O3/c1-2-10(14)13-9-6-4-3-5-8(9)7-12(16)11(13)15/h3-6,16H,2,7H2,1H3. The molecular formula is C11H12N2O3. The highest BCUT2D eigenvalue weighted by molar-refractivity contribution is 6.15. The number of amides is 3. The summed E-state index contributed by atoms with van der Waals surface area (Å²) in [5.74, 6) is -0.323. The number of para-hydroxylation sites is 1. The first-order valence-corrected chi connectivity index (χ1v) is 5.06. The molecule has 0 atom stereocenters. The topological polar surface area (TPSA) is 60.9 Å². The van der Waals surface area contributed by atoms with E-state index in [1.807, 2.05) is 0 Å². The van der Waals surface area contributed by atoms with Gasteiger partial charge in [0.15, 0.2) is 0 Å². The molecule has 0 unspecified atom stereocenters. The first kappa shape index (κ1) is 10.6. The highest BCUT2D eigenvalue weighted by Crippen LogP contribution is 2.27. The summed E-state index contributed by atoms with van der Waals surface area (Å²) in [6.07, 6.45) is 0.216. The zero-order chi connectivity index (χ0) is 11.7. The minimum atomic E-state index is -0.689. The van der Waals surface area contributed by atoms with E-state index in [0.29, 0.717) is 10.8 Å². The Morgan fingerprint density at radius 2 is 2.12 bits per heavy atom. The number of rotatable bonds is 1. The molecule has 1 aliphatic rings. The third-order valence-electron chi connectivity index (χ3n) is 2.52. The van der Waals surface area contributed by atoms with Gasteiger partial charge in [0.1, 0.15) is 0 Å². The maximum Gasteiger partial charge on any atom is 0.355 e. The molecule has 0 saturated carbocycles. The maximum absolute atomic E-state index is 11.7. The van der Waals surface area contributed by atoms with Crippen molar-refractivity contribution < 1.29 is 14.8 Å². The molecule has 0 saturated heterocycles. The number of imide groups is 1. The van der Waals surface area contributed by atoms with Crippen molar-refractivity contribution >= 4 is 17.6 Å². The summed E-state index contributed by atoms with van der Waals surface area (Å²) >= 11 is 0. The Balaban J connectivity index is 2.50. The predicted molar refractivity (Wildman–Crippen MR) is 56.9 cm³/mol. The second-order valence-corrected chi connectivity index (χ2v) is 3.55. The van der Waals surface area contributed by atoms with E-state index in [9.17, 15) is 14.8 Å². The Hall–Kier alpha value is -1.88. The fraction of sp³-hybridized carbons (Fsp3) is 0.273. The number of nitrogens with zero attached hydrogens (tertiary/aromatic N) is 2. The largest absolute Gasteiger partial charge is 0.355 e. The highest BCUT2D eigenvalue weighted by Gasteiger charge is 2.32. The number of carbonyl (C=O) groups is 2. The molecule has 1 aromatic rings. The maximum atomic E-state index is 11.7. The average molecular weight is 220 g/mol. The summed E-state index contributed by atoms with van der Waals surface area (Å²) < 4.78 is 0. The van der Waals surface area contributed by atoms with E-state index in [4.69, 9.17) is 0 Å². The Morgan fingerprint density at radius 1 is 1.44 bits per heavy atom. The third-order valence-corrected chi connectivity index (χ3v) is 2.52. The Morgan fingerprint density at radius 3 is 2.81 bits per heavy atom. The Bertz CT molecular complexity index is 445. The number of hydrogen-bond acceptors (Lipinski definition) is 3. The van der Waals surface area contributed by atoms with Gasteiger partial charge in [0.05, 0.1) is 12.2 Å². The molecule has 0 aliphatic carbocycles. The van der Waals surface area contributed by atoms with Crippen LogP contribution >= 0.6 is 0 Å². The number of carbonyl (C=O) groups excluding carboxylic acids is 2. The molecule has 2 rings (SSSR count). The van der Waals surface area contributed by atoms with Gasteiger partial charge in [-0.05, 0) is 11.6 Å². The van der Waals surface area contributed by atoms with Crippen LogP contribution in [0.2, 0.25) is 0 Å². The van der Waals surface area contributed by atoms with Gasteiger partial charge in [-0.1, -0.05) is 25.1 Å². The molecule has 0 radical (unpaired) electrons. The smallest absolute Gasteiger partial charge is 0.284 e. The van der Waals surface area contributed by atoms with Gasteiger partial charge >= 0.3 is 6.03 Å². The number of hydrogen-bond donors (Lipinski definition) is 1. The van der Waals surface area contributed by atoms with E-state index in [2.05, 4.69) is 0 Å². The molecule has 1 N–H and O–H groups in total. The second-order valence-electron chi connectivity index (χ2n) is 3.55. The molecule has 84 valence electrons. The molecule has 5 heteroatoms. The average Bonchev–Trinajstić information content (AvgIpc) is 2.30. The molecule has 0 aromatic heterocycles. The van der Waals surface area contributed by atoms with Crippen LogP contribution in [0.5, 0.6) is 0 Å². The van der Waals surface area contributed by atoms with Crippen molar-refractivity contribution in [2.24, 2.45) is 0 Å². The summed E-state index contributed by atoms with van der Waals surface area (Å²) in [5.41, 5.74) is 1.32. The number of anilines is 1. The van der Waals surface area contributed by atoms with Crippen LogP contribution in [0.1, 0.15) is 18.9 Å². The van der Waals surface area contributed by atoms with Crippen molar-refractivity contribution in [3.8, 4) is 0 Å². The van der Waals surface area contributed by atoms with E-state index in [-0.39, 0.29) is 18.9 Å². The summed E-state index contributed by atoms with van der Waals surface area (Å²) in [6, 6.07) is 6.35. The van der Waals surface area contributed by atoms with Gasteiger partial charge in [0.2, 0.25) is 5.91 Å². The van der Waals surface area contributed by atoms with Crippen molar-refractivity contribution in [3.05, 3.63) is 29.8 Å². The van der Waals surface area contributed by atoms with Gasteiger partial charge in [-0.25, -0.2) is 14.8 Å². The van der Waals surface area contributed by atoms with Crippen molar-refractivity contribution in [3.63, 3.8) is 0 Å². The van der Waals surface area contributed by atoms with Crippen LogP contribution in [0.25, 0.3) is 0 Å². The predicted octanol–water partition coefficient (Wildman–Crippen LogP) is 1.75. The number of hydroxylamine groups is 2. The molecule has 0 bridgehead atoms. The monoisotopic (exact) mass is 220 g/mol. The molecule has 0 spiro atoms. The van der Waals surface area contributed by atoms with Gasteiger partial charge in [0.25, 0.3) is 0 Å². The third kappa shape index (κ3) is 1.55. The van der Waals surface area contributed by atoms with Gasteiger partial charge in [-0.3, -0.25) is 10.0 Å². The minimum Gasteiger partial charge on any atom is -0.284 e. The Kier molecular flexibility index (Phi) is 2.62. The number of urea groups is 1. The number of benzene rings is 1. The lowest BCUT2D eigenvalue weighted by Gasteiger charge is -2.31. The van der Waals surface area contributed by atoms with Crippen LogP contribution in [0.15, 0.2) is 24.3 Å². The molecule has 1 aromatic carbocycles. The fourth-order valence-corrected chi connectivity index (χ4v) is 1.71. The second kappa shape index (κ2) is 3.94. The zero-order valence-electron chi connectivity index (χ0n) is 8.88. The van der Waals surface area contributed by atoms with Gasteiger partial charge < -0.3 is 0 Å². The molecule has 0 fully saturated rings. The van der Waals surface area contributed by atoms with Crippen molar-refractivity contribution in [2.45, 2.75) is 19.9 Å². The molecule has 16 heavy (non-hydrogen) atoms. The van der Waals surface area contributed by atoms with E-state index >= 15 is 0 Å². The lowest BCUT2D eigenvalue weighted by Crippen LogP contribution is -2.48. The number of fused-ring (bicyclic) bond motifs is 1. The van der Waals surface area contributed by atoms with Gasteiger partial charge in [0, 0.05) is 6.42 Å². The first-order chi connectivity index (χ1) is 7.65. The normalized spacial score (nSPS) is 15.0. The Labute approximate surface area is 92.8 Å². The van der Waals surface area contributed by atoms with E-state index < -0.39 is 6.03 Å². The van der Waals surface area contributed by atoms with Crippen LogP contribution in [0.3, 0.4) is 0 Å². The van der Waals surface area contributed by atoms with Crippen LogP contribution in [-0.4, -0.2) is 22.2 Å². The molecule has 5 nitrogen and oxygen atoms in total. The molecular weight excluding hydrogens is 208 g/mol. The van der Waals surface area contributed by atoms with Gasteiger partial charge in [-0.2, -0.15) is 0 Å². The summed E-state index contributed by atoms with van der Waals surface area (Å²) in [4.78, 5) is 24.3. The molecule has 1 aliphatic heterocycles. The molecule has 1 heterocycles. The SMILES string of the molecule is CCC(=O)N1C(=O)N(O)Cc2ccccc21. The fourth-order valence-electron chi connectivity index (χ4n) is 1.71. The van der Waals surface area contributed by atoms with Crippen LogP contribution in [-0.2, 0) is 11.3 Å². The van der Waals surface area contributed by atoms with Crippen molar-refractivity contribution in [1.29, 1.82) is 0 Å². The summed E-state index contributed by atoms with van der Waals surface area (Å²) in [7, 11) is 0. The van der Waals surface area contributed by atoms with Crippen LogP contribution < -0.4 is 4.90 Å². The van der Waals surface area contributed by atoms with E-state index in [0.717, 1.165) is 10.5 Å². The lowest BCUT2D eigenvalue weighted by atomic mass is 10.1. The van der Waals surface area contributed by atoms with Crippen LogP contribution in [0.4, 0.5) is 10.5 Å². The van der Waals surface area contributed by atoms with E-state index in [1.54, 1.807) is 31.2 Å².